The van der Waals surface area contributed by atoms with Crippen LogP contribution in [0.4, 0.5) is 5.69 Å². The van der Waals surface area contributed by atoms with Crippen LogP contribution in [0.5, 0.6) is 5.75 Å². The molecule has 166 valence electrons. The zero-order valence-electron chi connectivity index (χ0n) is 18.5. The summed E-state index contributed by atoms with van der Waals surface area (Å²) < 4.78 is 11.2. The van der Waals surface area contributed by atoms with Crippen molar-refractivity contribution in [3.8, 4) is 17.0 Å². The highest BCUT2D eigenvalue weighted by Crippen LogP contribution is 2.38. The summed E-state index contributed by atoms with van der Waals surface area (Å²) in [5.74, 6) is -0.123. The number of esters is 1. The molecule has 3 aromatic rings. The number of ether oxygens (including phenoxy) is 2. The van der Waals surface area contributed by atoms with Crippen molar-refractivity contribution in [3.05, 3.63) is 64.0 Å². The van der Waals surface area contributed by atoms with Crippen molar-refractivity contribution in [2.24, 2.45) is 0 Å². The van der Waals surface area contributed by atoms with Gasteiger partial charge in [-0.1, -0.05) is 30.3 Å². The highest BCUT2D eigenvalue weighted by molar-refractivity contribution is 7.11. The Morgan fingerprint density at radius 2 is 1.97 bits per heavy atom. The van der Waals surface area contributed by atoms with E-state index in [4.69, 9.17) is 9.47 Å². The van der Waals surface area contributed by atoms with Crippen LogP contribution < -0.4 is 9.64 Å². The number of aryl methyl sites for hydroxylation is 3. The van der Waals surface area contributed by atoms with Crippen molar-refractivity contribution in [1.82, 2.24) is 4.98 Å². The second-order valence-corrected chi connectivity index (χ2v) is 9.22. The zero-order valence-corrected chi connectivity index (χ0v) is 19.3. The Labute approximate surface area is 191 Å². The van der Waals surface area contributed by atoms with Gasteiger partial charge in [0.05, 0.1) is 23.0 Å². The van der Waals surface area contributed by atoms with Gasteiger partial charge in [0, 0.05) is 10.4 Å². The summed E-state index contributed by atoms with van der Waals surface area (Å²) in [6.45, 7) is 5.84. The maximum atomic E-state index is 12.8. The van der Waals surface area contributed by atoms with Crippen LogP contribution in [0, 0.1) is 13.8 Å². The first-order chi connectivity index (χ1) is 15.4. The van der Waals surface area contributed by atoms with Gasteiger partial charge in [-0.05, 0) is 57.4 Å². The zero-order chi connectivity index (χ0) is 22.7. The largest absolute Gasteiger partial charge is 0.479 e. The number of carbonyl (C=O) groups excluding carboxylic acids is 2. The number of anilines is 1. The lowest BCUT2D eigenvalue weighted by molar-refractivity contribution is -0.143. The summed E-state index contributed by atoms with van der Waals surface area (Å²) in [6.07, 6.45) is 0.898. The van der Waals surface area contributed by atoms with Gasteiger partial charge in [-0.25, -0.2) is 4.98 Å². The molecule has 0 saturated carbocycles. The van der Waals surface area contributed by atoms with Gasteiger partial charge >= 0.3 is 5.97 Å². The van der Waals surface area contributed by atoms with Gasteiger partial charge in [-0.3, -0.25) is 14.5 Å². The Kier molecular flexibility index (Phi) is 6.55. The van der Waals surface area contributed by atoms with Crippen LogP contribution in [-0.4, -0.2) is 36.1 Å². The Hall–Kier alpha value is -3.19. The van der Waals surface area contributed by atoms with Crippen molar-refractivity contribution in [3.63, 3.8) is 0 Å². The second kappa shape index (κ2) is 9.53. The number of benzene rings is 2. The molecule has 32 heavy (non-hydrogen) atoms. The molecule has 0 N–H and O–H groups in total. The van der Waals surface area contributed by atoms with Gasteiger partial charge in [0.1, 0.15) is 12.3 Å². The number of thiazole rings is 1. The minimum absolute atomic E-state index is 0.149. The standard InChI is InChI=1S/C25H26N2O4S/c1-16-25(29)27(15-23(28)30-13-7-10-19-8-5-4-6-9-19)21-14-20(11-12-22(21)31-16)24-17(2)32-18(3)26-24/h4-6,8-9,11-12,14,16H,7,10,13,15H2,1-3H3. The number of hydrogen-bond acceptors (Lipinski definition) is 6. The molecule has 1 unspecified atom stereocenters. The first-order valence-corrected chi connectivity index (χ1v) is 11.5. The predicted molar refractivity (Wildman–Crippen MR) is 125 cm³/mol. The number of amides is 1. The smallest absolute Gasteiger partial charge is 0.326 e. The summed E-state index contributed by atoms with van der Waals surface area (Å²) >= 11 is 1.63. The molecular weight excluding hydrogens is 424 g/mol. The minimum Gasteiger partial charge on any atom is -0.479 e. The van der Waals surface area contributed by atoms with Gasteiger partial charge in [0.15, 0.2) is 6.10 Å². The molecule has 0 fully saturated rings. The average Bonchev–Trinajstić information content (AvgIpc) is 3.13. The SMILES string of the molecule is Cc1nc(-c2ccc3c(c2)N(CC(=O)OCCCc2ccccc2)C(=O)C(C)O3)c(C)s1. The minimum atomic E-state index is -0.664. The summed E-state index contributed by atoms with van der Waals surface area (Å²) in [4.78, 5) is 32.5. The first-order valence-electron chi connectivity index (χ1n) is 10.7. The summed E-state index contributed by atoms with van der Waals surface area (Å²) in [6, 6.07) is 15.7. The summed E-state index contributed by atoms with van der Waals surface area (Å²) in [5.41, 5.74) is 3.54. The molecule has 6 nitrogen and oxygen atoms in total. The number of aromatic nitrogens is 1. The van der Waals surface area contributed by atoms with Crippen LogP contribution in [-0.2, 0) is 20.7 Å². The lowest BCUT2D eigenvalue weighted by Crippen LogP contribution is -2.47. The molecule has 4 rings (SSSR count). The molecule has 7 heteroatoms. The van der Waals surface area contributed by atoms with Crippen molar-refractivity contribution in [2.45, 2.75) is 39.7 Å². The van der Waals surface area contributed by atoms with Crippen LogP contribution in [0.3, 0.4) is 0 Å². The third-order valence-electron chi connectivity index (χ3n) is 5.35. The molecular formula is C25H26N2O4S. The Morgan fingerprint density at radius 1 is 1.19 bits per heavy atom. The van der Waals surface area contributed by atoms with E-state index in [2.05, 4.69) is 17.1 Å². The maximum Gasteiger partial charge on any atom is 0.326 e. The van der Waals surface area contributed by atoms with E-state index >= 15 is 0 Å². The van der Waals surface area contributed by atoms with Gasteiger partial charge in [0.2, 0.25) is 0 Å². The highest BCUT2D eigenvalue weighted by atomic mass is 32.1. The molecule has 1 aliphatic heterocycles. The third-order valence-corrected chi connectivity index (χ3v) is 6.23. The van der Waals surface area contributed by atoms with E-state index in [1.165, 1.54) is 10.5 Å². The van der Waals surface area contributed by atoms with Gasteiger partial charge in [-0.15, -0.1) is 11.3 Å². The van der Waals surface area contributed by atoms with Gasteiger partial charge < -0.3 is 9.47 Å². The molecule has 2 aromatic carbocycles. The predicted octanol–water partition coefficient (Wildman–Crippen LogP) is 4.72. The monoisotopic (exact) mass is 450 g/mol. The lowest BCUT2D eigenvalue weighted by atomic mass is 10.1. The third kappa shape index (κ3) is 4.83. The quantitative estimate of drug-likeness (QED) is 0.385. The Bertz CT molecular complexity index is 1130. The van der Waals surface area contributed by atoms with E-state index in [-0.39, 0.29) is 12.5 Å². The fourth-order valence-electron chi connectivity index (χ4n) is 3.80. The topological polar surface area (TPSA) is 68.7 Å². The summed E-state index contributed by atoms with van der Waals surface area (Å²) in [7, 11) is 0. The molecule has 1 atom stereocenters. The van der Waals surface area contributed by atoms with Crippen LogP contribution in [0.15, 0.2) is 48.5 Å². The molecule has 0 aliphatic carbocycles. The molecule has 0 bridgehead atoms. The number of carbonyl (C=O) groups is 2. The van der Waals surface area contributed by atoms with E-state index in [1.807, 2.05) is 50.2 Å². The number of rotatable bonds is 7. The van der Waals surface area contributed by atoms with Crippen LogP contribution >= 0.6 is 11.3 Å². The Morgan fingerprint density at radius 3 is 2.69 bits per heavy atom. The van der Waals surface area contributed by atoms with E-state index < -0.39 is 12.1 Å². The van der Waals surface area contributed by atoms with Crippen molar-refractivity contribution in [2.75, 3.05) is 18.1 Å². The molecule has 2 heterocycles. The normalized spacial score (nSPS) is 15.3. The number of hydrogen-bond donors (Lipinski definition) is 0. The van der Waals surface area contributed by atoms with Crippen LogP contribution in [0.1, 0.15) is 28.8 Å². The fourth-order valence-corrected chi connectivity index (χ4v) is 4.64. The van der Waals surface area contributed by atoms with Crippen molar-refractivity contribution < 1.29 is 19.1 Å². The second-order valence-electron chi connectivity index (χ2n) is 7.81. The lowest BCUT2D eigenvalue weighted by Gasteiger charge is -2.32. The van der Waals surface area contributed by atoms with E-state index in [0.29, 0.717) is 18.0 Å². The van der Waals surface area contributed by atoms with E-state index in [0.717, 1.165) is 34.0 Å². The molecule has 1 aromatic heterocycles. The fraction of sp³-hybridized carbons (Fsp3) is 0.320. The number of nitrogens with zero attached hydrogens (tertiary/aromatic N) is 2. The van der Waals surface area contributed by atoms with Crippen molar-refractivity contribution in [1.29, 1.82) is 0 Å². The van der Waals surface area contributed by atoms with Gasteiger partial charge in [-0.2, -0.15) is 0 Å². The molecule has 1 amide bonds. The molecule has 0 spiro atoms. The van der Waals surface area contributed by atoms with Crippen molar-refractivity contribution >= 4 is 28.9 Å². The molecule has 0 saturated heterocycles. The first kappa shape index (κ1) is 22.0. The summed E-state index contributed by atoms with van der Waals surface area (Å²) in [5, 5.41) is 0.979. The van der Waals surface area contributed by atoms with E-state index in [1.54, 1.807) is 18.3 Å². The van der Waals surface area contributed by atoms with E-state index in [9.17, 15) is 9.59 Å². The average molecular weight is 451 g/mol. The maximum absolute atomic E-state index is 12.8. The van der Waals surface area contributed by atoms with Gasteiger partial charge in [0.25, 0.3) is 5.91 Å². The van der Waals surface area contributed by atoms with Crippen LogP contribution in [0.2, 0.25) is 0 Å². The Balaban J connectivity index is 1.46. The highest BCUT2D eigenvalue weighted by Gasteiger charge is 2.33. The number of fused-ring (bicyclic) bond motifs is 1. The molecule has 0 radical (unpaired) electrons. The molecule has 1 aliphatic rings. The van der Waals surface area contributed by atoms with Crippen LogP contribution in [0.25, 0.3) is 11.3 Å².